The Balaban J connectivity index is 1.99. The van der Waals surface area contributed by atoms with Crippen molar-refractivity contribution >= 4 is 11.9 Å². The lowest BCUT2D eigenvalue weighted by molar-refractivity contribution is -0.154. The first kappa shape index (κ1) is 20.4. The average molecular weight is 363 g/mol. The molecule has 0 spiro atoms. The monoisotopic (exact) mass is 363 g/mol. The van der Waals surface area contributed by atoms with E-state index in [1.807, 2.05) is 31.2 Å². The summed E-state index contributed by atoms with van der Waals surface area (Å²) in [7, 11) is 1.32. The van der Waals surface area contributed by atoms with Crippen molar-refractivity contribution in [3.8, 4) is 0 Å². The van der Waals surface area contributed by atoms with E-state index in [1.165, 1.54) is 12.0 Å². The van der Waals surface area contributed by atoms with Crippen molar-refractivity contribution in [1.29, 1.82) is 0 Å². The summed E-state index contributed by atoms with van der Waals surface area (Å²) >= 11 is 0. The smallest absolute Gasteiger partial charge is 0.325 e. The summed E-state index contributed by atoms with van der Waals surface area (Å²) < 4.78 is 16.1. The molecule has 144 valence electrons. The van der Waals surface area contributed by atoms with Crippen LogP contribution in [0.25, 0.3) is 0 Å². The molecule has 1 fully saturated rings. The van der Waals surface area contributed by atoms with Gasteiger partial charge in [-0.25, -0.2) is 0 Å². The van der Waals surface area contributed by atoms with Gasteiger partial charge in [-0.05, 0) is 44.2 Å². The van der Waals surface area contributed by atoms with Crippen LogP contribution in [0.4, 0.5) is 0 Å². The molecule has 1 aliphatic heterocycles. The molecule has 2 unspecified atom stereocenters. The summed E-state index contributed by atoms with van der Waals surface area (Å²) in [5.41, 5.74) is 2.06. The molecule has 6 heteroatoms. The Hall–Kier alpha value is -1.92. The molecule has 0 aliphatic carbocycles. The van der Waals surface area contributed by atoms with Crippen molar-refractivity contribution in [2.45, 2.75) is 51.9 Å². The largest absolute Gasteiger partial charge is 0.468 e. The van der Waals surface area contributed by atoms with Crippen molar-refractivity contribution in [2.75, 3.05) is 26.9 Å². The van der Waals surface area contributed by atoms with Crippen LogP contribution < -0.4 is 0 Å². The highest BCUT2D eigenvalue weighted by Crippen LogP contribution is 2.15. The molecular formula is C20H29NO5. The zero-order valence-corrected chi connectivity index (χ0v) is 15.9. The van der Waals surface area contributed by atoms with Gasteiger partial charge in [-0.15, -0.1) is 0 Å². The Morgan fingerprint density at radius 1 is 1.31 bits per heavy atom. The van der Waals surface area contributed by atoms with Gasteiger partial charge in [0.1, 0.15) is 12.6 Å². The number of rotatable bonds is 8. The van der Waals surface area contributed by atoms with Crippen LogP contribution in [0.1, 0.15) is 37.3 Å². The fourth-order valence-electron chi connectivity index (χ4n) is 2.94. The minimum Gasteiger partial charge on any atom is -0.468 e. The zero-order chi connectivity index (χ0) is 18.9. The van der Waals surface area contributed by atoms with Crippen molar-refractivity contribution in [2.24, 2.45) is 0 Å². The van der Waals surface area contributed by atoms with Gasteiger partial charge < -0.3 is 19.1 Å². The van der Waals surface area contributed by atoms with Gasteiger partial charge >= 0.3 is 5.97 Å². The fourth-order valence-corrected chi connectivity index (χ4v) is 2.94. The van der Waals surface area contributed by atoms with Crippen LogP contribution in [0.5, 0.6) is 0 Å². The first-order valence-electron chi connectivity index (χ1n) is 9.14. The number of aryl methyl sites for hydroxylation is 1. The number of carbonyl (C=O) groups excluding carboxylic acids is 2. The van der Waals surface area contributed by atoms with E-state index in [4.69, 9.17) is 14.2 Å². The maximum absolute atomic E-state index is 12.8. The van der Waals surface area contributed by atoms with Gasteiger partial charge in [0.2, 0.25) is 0 Å². The van der Waals surface area contributed by atoms with E-state index in [-0.39, 0.29) is 18.6 Å². The van der Waals surface area contributed by atoms with E-state index in [0.717, 1.165) is 37.0 Å². The lowest BCUT2D eigenvalue weighted by atomic mass is 10.1. The average Bonchev–Trinajstić information content (AvgIpc) is 2.67. The van der Waals surface area contributed by atoms with Crippen LogP contribution in [-0.2, 0) is 30.3 Å². The molecule has 0 bridgehead atoms. The van der Waals surface area contributed by atoms with Crippen LogP contribution in [-0.4, -0.2) is 55.9 Å². The molecule has 0 N–H and O–H groups in total. The van der Waals surface area contributed by atoms with Gasteiger partial charge in [-0.1, -0.05) is 24.3 Å². The van der Waals surface area contributed by atoms with Crippen LogP contribution >= 0.6 is 0 Å². The molecule has 1 aromatic rings. The lowest BCUT2D eigenvalue weighted by Gasteiger charge is -2.27. The number of amides is 1. The van der Waals surface area contributed by atoms with E-state index in [1.54, 1.807) is 6.92 Å². The minimum atomic E-state index is -0.644. The highest BCUT2D eigenvalue weighted by molar-refractivity contribution is 5.84. The number of nitrogens with zero attached hydrogens (tertiary/aromatic N) is 1. The number of hydrogen-bond acceptors (Lipinski definition) is 5. The fraction of sp³-hybridized carbons (Fsp3) is 0.600. The van der Waals surface area contributed by atoms with Crippen LogP contribution in [0, 0.1) is 6.92 Å². The molecule has 1 amide bonds. The highest BCUT2D eigenvalue weighted by Gasteiger charge is 2.25. The van der Waals surface area contributed by atoms with Crippen LogP contribution in [0.2, 0.25) is 0 Å². The normalized spacial score (nSPS) is 18.2. The Morgan fingerprint density at radius 3 is 2.73 bits per heavy atom. The third-order valence-electron chi connectivity index (χ3n) is 4.64. The molecule has 26 heavy (non-hydrogen) atoms. The van der Waals surface area contributed by atoms with Crippen molar-refractivity contribution in [1.82, 2.24) is 4.90 Å². The van der Waals surface area contributed by atoms with Gasteiger partial charge in [-0.3, -0.25) is 9.59 Å². The van der Waals surface area contributed by atoms with Crippen molar-refractivity contribution in [3.63, 3.8) is 0 Å². The number of hydrogen-bond donors (Lipinski definition) is 0. The van der Waals surface area contributed by atoms with Crippen molar-refractivity contribution in [3.05, 3.63) is 35.4 Å². The van der Waals surface area contributed by atoms with Gasteiger partial charge in [0.05, 0.1) is 19.8 Å². The molecule has 1 heterocycles. The van der Waals surface area contributed by atoms with Gasteiger partial charge in [-0.2, -0.15) is 0 Å². The van der Waals surface area contributed by atoms with Crippen molar-refractivity contribution < 1.29 is 23.8 Å². The minimum absolute atomic E-state index is 0.0458. The lowest BCUT2D eigenvalue weighted by Crippen LogP contribution is -2.43. The molecular weight excluding hydrogens is 334 g/mol. The number of carbonyl (C=O) groups is 2. The molecule has 1 aromatic carbocycles. The predicted octanol–water partition coefficient (Wildman–Crippen LogP) is 2.47. The maximum Gasteiger partial charge on any atom is 0.325 e. The summed E-state index contributed by atoms with van der Waals surface area (Å²) in [5.74, 6) is -0.677. The Kier molecular flexibility index (Phi) is 8.06. The molecule has 1 aliphatic rings. The second-order valence-corrected chi connectivity index (χ2v) is 6.66. The third-order valence-corrected chi connectivity index (χ3v) is 4.64. The number of methoxy groups -OCH3 is 1. The third kappa shape index (κ3) is 6.11. The van der Waals surface area contributed by atoms with E-state index in [2.05, 4.69) is 0 Å². The highest BCUT2D eigenvalue weighted by atomic mass is 16.5. The van der Waals surface area contributed by atoms with Crippen LogP contribution in [0.15, 0.2) is 24.3 Å². The summed E-state index contributed by atoms with van der Waals surface area (Å²) in [6, 6.07) is 7.80. The molecule has 6 nitrogen and oxygen atoms in total. The number of benzene rings is 1. The molecule has 0 radical (unpaired) electrons. The maximum atomic E-state index is 12.8. The second-order valence-electron chi connectivity index (χ2n) is 6.66. The van der Waals surface area contributed by atoms with E-state index < -0.39 is 12.1 Å². The molecule has 0 aromatic heterocycles. The molecule has 2 atom stereocenters. The Labute approximate surface area is 155 Å². The Bertz CT molecular complexity index is 598. The molecule has 2 rings (SSSR count). The quantitative estimate of drug-likeness (QED) is 0.664. The molecule has 0 saturated carbocycles. The van der Waals surface area contributed by atoms with E-state index in [9.17, 15) is 9.59 Å². The summed E-state index contributed by atoms with van der Waals surface area (Å²) in [6.07, 6.45) is 2.56. The first-order chi connectivity index (χ1) is 12.5. The molecule has 1 saturated heterocycles. The predicted molar refractivity (Wildman–Crippen MR) is 97.6 cm³/mol. The van der Waals surface area contributed by atoms with Crippen LogP contribution in [0.3, 0.4) is 0 Å². The summed E-state index contributed by atoms with van der Waals surface area (Å²) in [6.45, 7) is 5.08. The standard InChI is InChI=1S/C20H29NO5/c1-15-8-4-5-9-17(15)12-21(13-19(22)24-3)20(23)16(2)26-14-18-10-6-7-11-25-18/h4-5,8-9,16,18H,6-7,10-14H2,1-3H3. The van der Waals surface area contributed by atoms with E-state index in [0.29, 0.717) is 13.2 Å². The number of esters is 1. The zero-order valence-electron chi connectivity index (χ0n) is 15.9. The number of ether oxygens (including phenoxy) is 3. The summed E-state index contributed by atoms with van der Waals surface area (Å²) in [5, 5.41) is 0. The second kappa shape index (κ2) is 10.3. The first-order valence-corrected chi connectivity index (χ1v) is 9.14. The van der Waals surface area contributed by atoms with E-state index >= 15 is 0 Å². The Morgan fingerprint density at radius 2 is 2.08 bits per heavy atom. The van der Waals surface area contributed by atoms with Gasteiger partial charge in [0, 0.05) is 13.2 Å². The van der Waals surface area contributed by atoms with Gasteiger partial charge in [0.25, 0.3) is 5.91 Å². The topological polar surface area (TPSA) is 65.1 Å². The SMILES string of the molecule is COC(=O)CN(Cc1ccccc1C)C(=O)C(C)OCC1CCCCO1. The van der Waals surface area contributed by atoms with Gasteiger partial charge in [0.15, 0.2) is 0 Å². The summed E-state index contributed by atoms with van der Waals surface area (Å²) in [4.78, 5) is 26.1.